The lowest BCUT2D eigenvalue weighted by Crippen LogP contribution is -2.09. The van der Waals surface area contributed by atoms with E-state index in [4.69, 9.17) is 5.73 Å². The maximum atomic E-state index is 5.86. The zero-order valence-electron chi connectivity index (χ0n) is 6.30. The van der Waals surface area contributed by atoms with Crippen molar-refractivity contribution < 1.29 is 0 Å². The first-order chi connectivity index (χ1) is 5.13. The van der Waals surface area contributed by atoms with Gasteiger partial charge in [-0.25, -0.2) is 0 Å². The van der Waals surface area contributed by atoms with Crippen LogP contribution in [-0.2, 0) is 0 Å². The van der Waals surface area contributed by atoms with Crippen molar-refractivity contribution in [2.45, 2.75) is 13.0 Å². The van der Waals surface area contributed by atoms with E-state index in [1.807, 2.05) is 18.4 Å². The number of thiophene rings is 1. The molecule has 0 bridgehead atoms. The predicted octanol–water partition coefficient (Wildman–Crippen LogP) is 3.09. The minimum absolute atomic E-state index is 0.0237. The molecule has 1 atom stereocenters. The SMILES string of the molecule is C=C(C)C(N)c1sccc1Br. The van der Waals surface area contributed by atoms with Crippen molar-refractivity contribution in [1.82, 2.24) is 0 Å². The van der Waals surface area contributed by atoms with Crippen LogP contribution in [0.1, 0.15) is 17.8 Å². The highest BCUT2D eigenvalue weighted by Crippen LogP contribution is 2.30. The maximum absolute atomic E-state index is 5.86. The number of rotatable bonds is 2. The van der Waals surface area contributed by atoms with Crippen LogP contribution in [0.25, 0.3) is 0 Å². The van der Waals surface area contributed by atoms with Gasteiger partial charge in [0.25, 0.3) is 0 Å². The Morgan fingerprint density at radius 1 is 1.82 bits per heavy atom. The van der Waals surface area contributed by atoms with Gasteiger partial charge in [0.05, 0.1) is 6.04 Å². The summed E-state index contributed by atoms with van der Waals surface area (Å²) in [5.41, 5.74) is 6.86. The van der Waals surface area contributed by atoms with E-state index in [2.05, 4.69) is 22.5 Å². The summed E-state index contributed by atoms with van der Waals surface area (Å²) in [5, 5.41) is 2.02. The Balaban J connectivity index is 2.92. The third kappa shape index (κ3) is 1.92. The van der Waals surface area contributed by atoms with E-state index >= 15 is 0 Å². The molecule has 0 aromatic carbocycles. The highest BCUT2D eigenvalue weighted by Gasteiger charge is 2.10. The average molecular weight is 232 g/mol. The van der Waals surface area contributed by atoms with Crippen LogP contribution < -0.4 is 5.73 Å². The first kappa shape index (κ1) is 8.97. The largest absolute Gasteiger partial charge is 0.320 e. The molecule has 0 spiro atoms. The van der Waals surface area contributed by atoms with Gasteiger partial charge in [0.2, 0.25) is 0 Å². The van der Waals surface area contributed by atoms with Crippen molar-refractivity contribution in [3.05, 3.63) is 32.9 Å². The zero-order valence-corrected chi connectivity index (χ0v) is 8.71. The molecule has 0 amide bonds. The van der Waals surface area contributed by atoms with E-state index in [1.165, 1.54) is 0 Å². The third-order valence-corrected chi connectivity index (χ3v) is 3.41. The number of halogens is 1. The van der Waals surface area contributed by atoms with Gasteiger partial charge in [0.15, 0.2) is 0 Å². The maximum Gasteiger partial charge on any atom is 0.0611 e. The summed E-state index contributed by atoms with van der Waals surface area (Å²) in [4.78, 5) is 1.15. The van der Waals surface area contributed by atoms with Crippen molar-refractivity contribution >= 4 is 27.3 Å². The standard InChI is InChI=1S/C8H10BrNS/c1-5(2)7(10)8-6(9)3-4-11-8/h3-4,7H,1,10H2,2H3. The molecular formula is C8H10BrNS. The summed E-state index contributed by atoms with van der Waals surface area (Å²) >= 11 is 5.08. The molecular weight excluding hydrogens is 222 g/mol. The lowest BCUT2D eigenvalue weighted by molar-refractivity contribution is 0.867. The smallest absolute Gasteiger partial charge is 0.0611 e. The minimum atomic E-state index is -0.0237. The second-order valence-electron chi connectivity index (χ2n) is 2.46. The molecule has 3 heteroatoms. The molecule has 1 heterocycles. The molecule has 1 nitrogen and oxygen atoms in total. The van der Waals surface area contributed by atoms with Crippen LogP contribution in [0.2, 0.25) is 0 Å². The van der Waals surface area contributed by atoms with Crippen LogP contribution in [0.3, 0.4) is 0 Å². The summed E-state index contributed by atoms with van der Waals surface area (Å²) < 4.78 is 1.08. The minimum Gasteiger partial charge on any atom is -0.320 e. The van der Waals surface area contributed by atoms with E-state index in [0.29, 0.717) is 0 Å². The molecule has 0 aliphatic carbocycles. The molecule has 0 saturated heterocycles. The Morgan fingerprint density at radius 3 is 2.82 bits per heavy atom. The van der Waals surface area contributed by atoms with Crippen molar-refractivity contribution in [2.75, 3.05) is 0 Å². The fourth-order valence-corrected chi connectivity index (χ4v) is 2.46. The number of hydrogen-bond acceptors (Lipinski definition) is 2. The summed E-state index contributed by atoms with van der Waals surface area (Å²) in [5.74, 6) is 0. The fourth-order valence-electron chi connectivity index (χ4n) is 0.751. The second kappa shape index (κ2) is 3.52. The molecule has 1 unspecified atom stereocenters. The van der Waals surface area contributed by atoms with Crippen LogP contribution in [0, 0.1) is 0 Å². The van der Waals surface area contributed by atoms with Gasteiger partial charge in [-0.2, -0.15) is 0 Å². The van der Waals surface area contributed by atoms with Crippen molar-refractivity contribution in [1.29, 1.82) is 0 Å². The van der Waals surface area contributed by atoms with Gasteiger partial charge in [-0.15, -0.1) is 11.3 Å². The Bertz CT molecular complexity index is 267. The highest BCUT2D eigenvalue weighted by molar-refractivity contribution is 9.10. The van der Waals surface area contributed by atoms with Gasteiger partial charge in [0.1, 0.15) is 0 Å². The van der Waals surface area contributed by atoms with E-state index in [9.17, 15) is 0 Å². The lowest BCUT2D eigenvalue weighted by Gasteiger charge is -2.08. The monoisotopic (exact) mass is 231 g/mol. The van der Waals surface area contributed by atoms with Gasteiger partial charge in [-0.3, -0.25) is 0 Å². The molecule has 60 valence electrons. The molecule has 1 rings (SSSR count). The quantitative estimate of drug-likeness (QED) is 0.779. The molecule has 2 N–H and O–H groups in total. The van der Waals surface area contributed by atoms with Gasteiger partial charge >= 0.3 is 0 Å². The Labute approximate surface area is 79.0 Å². The predicted molar refractivity (Wildman–Crippen MR) is 53.8 cm³/mol. The second-order valence-corrected chi connectivity index (χ2v) is 4.26. The average Bonchev–Trinajstić information content (AvgIpc) is 2.33. The lowest BCUT2D eigenvalue weighted by atomic mass is 10.1. The van der Waals surface area contributed by atoms with Crippen LogP contribution >= 0.6 is 27.3 Å². The van der Waals surface area contributed by atoms with E-state index < -0.39 is 0 Å². The van der Waals surface area contributed by atoms with Gasteiger partial charge in [0, 0.05) is 9.35 Å². The summed E-state index contributed by atoms with van der Waals surface area (Å²) in [6.45, 7) is 5.75. The number of hydrogen-bond donors (Lipinski definition) is 1. The molecule has 11 heavy (non-hydrogen) atoms. The van der Waals surface area contributed by atoms with Crippen molar-refractivity contribution in [2.24, 2.45) is 5.73 Å². The number of nitrogens with two attached hydrogens (primary N) is 1. The topological polar surface area (TPSA) is 26.0 Å². The Hall–Kier alpha value is -0.120. The molecule has 0 aliphatic heterocycles. The summed E-state index contributed by atoms with van der Waals surface area (Å²) in [6, 6.07) is 1.98. The van der Waals surface area contributed by atoms with Crippen LogP contribution in [0.4, 0.5) is 0 Å². The Morgan fingerprint density at radius 2 is 2.45 bits per heavy atom. The van der Waals surface area contributed by atoms with Crippen LogP contribution in [-0.4, -0.2) is 0 Å². The molecule has 1 aromatic rings. The first-order valence-corrected chi connectivity index (χ1v) is 4.94. The van der Waals surface area contributed by atoms with Gasteiger partial charge < -0.3 is 5.73 Å². The summed E-state index contributed by atoms with van der Waals surface area (Å²) in [7, 11) is 0. The van der Waals surface area contributed by atoms with Crippen LogP contribution in [0.15, 0.2) is 28.1 Å². The first-order valence-electron chi connectivity index (χ1n) is 3.27. The van der Waals surface area contributed by atoms with Gasteiger partial charge in [-0.1, -0.05) is 12.2 Å². The van der Waals surface area contributed by atoms with E-state index in [-0.39, 0.29) is 6.04 Å². The van der Waals surface area contributed by atoms with Gasteiger partial charge in [-0.05, 0) is 34.3 Å². The van der Waals surface area contributed by atoms with Crippen LogP contribution in [0.5, 0.6) is 0 Å². The fraction of sp³-hybridized carbons (Fsp3) is 0.250. The molecule has 0 aliphatic rings. The molecule has 1 aromatic heterocycles. The molecule has 0 radical (unpaired) electrons. The normalized spacial score (nSPS) is 13.0. The molecule has 0 saturated carbocycles. The van der Waals surface area contributed by atoms with E-state index in [1.54, 1.807) is 11.3 Å². The molecule has 0 fully saturated rings. The zero-order chi connectivity index (χ0) is 8.43. The third-order valence-electron chi connectivity index (χ3n) is 1.46. The van der Waals surface area contributed by atoms with Crippen molar-refractivity contribution in [3.8, 4) is 0 Å². The summed E-state index contributed by atoms with van der Waals surface area (Å²) in [6.07, 6.45) is 0. The van der Waals surface area contributed by atoms with E-state index in [0.717, 1.165) is 14.9 Å². The Kier molecular flexibility index (Phi) is 2.87. The van der Waals surface area contributed by atoms with Crippen molar-refractivity contribution in [3.63, 3.8) is 0 Å². The highest BCUT2D eigenvalue weighted by atomic mass is 79.9.